The van der Waals surface area contributed by atoms with Crippen LogP contribution in [0.2, 0.25) is 0 Å². The second kappa shape index (κ2) is 7.25. The molecule has 25 heavy (non-hydrogen) atoms. The number of rotatable bonds is 4. The van der Waals surface area contributed by atoms with Crippen LogP contribution in [0, 0.1) is 0 Å². The number of ether oxygens (including phenoxy) is 1. The minimum Gasteiger partial charge on any atom is -0.495 e. The molecule has 1 aliphatic heterocycles. The molecule has 0 atom stereocenters. The van der Waals surface area contributed by atoms with Gasteiger partial charge < -0.3 is 20.3 Å². The Morgan fingerprint density at radius 3 is 2.12 bits per heavy atom. The fourth-order valence-corrected chi connectivity index (χ4v) is 3.00. The van der Waals surface area contributed by atoms with Crippen LogP contribution in [-0.2, 0) is 0 Å². The topological polar surface area (TPSA) is 75.9 Å². The number of carbonyl (C=O) groups is 2. The average molecular weight is 339 g/mol. The van der Waals surface area contributed by atoms with Gasteiger partial charge in [0, 0.05) is 37.3 Å². The summed E-state index contributed by atoms with van der Waals surface area (Å²) in [7, 11) is 1.66. The van der Waals surface area contributed by atoms with Crippen LogP contribution in [-0.4, -0.2) is 50.0 Å². The Bertz CT molecular complexity index is 766. The first kappa shape index (κ1) is 16.8. The van der Waals surface area contributed by atoms with E-state index in [1.807, 2.05) is 29.2 Å². The lowest BCUT2D eigenvalue weighted by Crippen LogP contribution is -2.48. The molecule has 2 N–H and O–H groups in total. The second-order valence-electron chi connectivity index (χ2n) is 5.89. The first-order valence-corrected chi connectivity index (χ1v) is 8.17. The van der Waals surface area contributed by atoms with Crippen LogP contribution in [0.15, 0.2) is 48.5 Å². The number of primary amides is 1. The number of anilines is 1. The predicted molar refractivity (Wildman–Crippen MR) is 96.1 cm³/mol. The highest BCUT2D eigenvalue weighted by molar-refractivity contribution is 5.97. The molecule has 6 heteroatoms. The van der Waals surface area contributed by atoms with Gasteiger partial charge in [-0.2, -0.15) is 0 Å². The van der Waals surface area contributed by atoms with Gasteiger partial charge in [0.1, 0.15) is 5.75 Å². The van der Waals surface area contributed by atoms with E-state index in [9.17, 15) is 9.59 Å². The van der Waals surface area contributed by atoms with Crippen LogP contribution in [0.4, 0.5) is 5.69 Å². The number of amides is 2. The van der Waals surface area contributed by atoms with Crippen molar-refractivity contribution in [2.45, 2.75) is 0 Å². The van der Waals surface area contributed by atoms with Gasteiger partial charge in [0.25, 0.3) is 5.91 Å². The van der Waals surface area contributed by atoms with Crippen LogP contribution in [0.3, 0.4) is 0 Å². The SMILES string of the molecule is COc1ccccc1N1CCN(C(=O)c2ccc(C(N)=O)cc2)CC1. The lowest BCUT2D eigenvalue weighted by Gasteiger charge is -2.36. The van der Waals surface area contributed by atoms with Crippen LogP contribution in [0.25, 0.3) is 0 Å². The summed E-state index contributed by atoms with van der Waals surface area (Å²) in [6.07, 6.45) is 0. The molecule has 0 saturated carbocycles. The molecule has 6 nitrogen and oxygen atoms in total. The van der Waals surface area contributed by atoms with E-state index in [-0.39, 0.29) is 5.91 Å². The van der Waals surface area contributed by atoms with Gasteiger partial charge in [-0.3, -0.25) is 9.59 Å². The van der Waals surface area contributed by atoms with E-state index >= 15 is 0 Å². The number of nitrogens with zero attached hydrogens (tertiary/aromatic N) is 2. The molecule has 2 aromatic rings. The fraction of sp³-hybridized carbons (Fsp3) is 0.263. The number of carbonyl (C=O) groups excluding carboxylic acids is 2. The maximum Gasteiger partial charge on any atom is 0.253 e. The van der Waals surface area contributed by atoms with Crippen molar-refractivity contribution in [3.05, 3.63) is 59.7 Å². The van der Waals surface area contributed by atoms with Gasteiger partial charge in [-0.25, -0.2) is 0 Å². The van der Waals surface area contributed by atoms with E-state index in [1.165, 1.54) is 0 Å². The van der Waals surface area contributed by atoms with E-state index in [0.29, 0.717) is 24.2 Å². The predicted octanol–water partition coefficient (Wildman–Crippen LogP) is 1.76. The van der Waals surface area contributed by atoms with Crippen molar-refractivity contribution in [2.24, 2.45) is 5.73 Å². The third-order valence-electron chi connectivity index (χ3n) is 4.41. The zero-order valence-electron chi connectivity index (χ0n) is 14.1. The summed E-state index contributed by atoms with van der Waals surface area (Å²) < 4.78 is 5.41. The highest BCUT2D eigenvalue weighted by atomic mass is 16.5. The molecule has 0 spiro atoms. The molecule has 0 unspecified atom stereocenters. The molecular formula is C19H21N3O3. The van der Waals surface area contributed by atoms with E-state index in [1.54, 1.807) is 31.4 Å². The largest absolute Gasteiger partial charge is 0.495 e. The maximum absolute atomic E-state index is 12.6. The standard InChI is InChI=1S/C19H21N3O3/c1-25-17-5-3-2-4-16(17)21-10-12-22(13-11-21)19(24)15-8-6-14(7-9-15)18(20)23/h2-9H,10-13H2,1H3,(H2,20,23). The summed E-state index contributed by atoms with van der Waals surface area (Å²) in [5.41, 5.74) is 7.24. The fourth-order valence-electron chi connectivity index (χ4n) is 3.00. The number of methoxy groups -OCH3 is 1. The van der Waals surface area contributed by atoms with Crippen molar-refractivity contribution in [2.75, 3.05) is 38.2 Å². The molecule has 0 aromatic heterocycles. The summed E-state index contributed by atoms with van der Waals surface area (Å²) in [5.74, 6) is 0.310. The maximum atomic E-state index is 12.6. The molecule has 0 bridgehead atoms. The third-order valence-corrected chi connectivity index (χ3v) is 4.41. The molecule has 3 rings (SSSR count). The molecule has 0 aliphatic carbocycles. The lowest BCUT2D eigenvalue weighted by atomic mass is 10.1. The molecular weight excluding hydrogens is 318 g/mol. The van der Waals surface area contributed by atoms with E-state index < -0.39 is 5.91 Å². The zero-order valence-corrected chi connectivity index (χ0v) is 14.1. The van der Waals surface area contributed by atoms with Crippen LogP contribution >= 0.6 is 0 Å². The van der Waals surface area contributed by atoms with Crippen LogP contribution < -0.4 is 15.4 Å². The summed E-state index contributed by atoms with van der Waals surface area (Å²) in [5, 5.41) is 0. The van der Waals surface area contributed by atoms with Gasteiger partial charge in [-0.05, 0) is 36.4 Å². The number of hydrogen-bond donors (Lipinski definition) is 1. The Morgan fingerprint density at radius 2 is 1.52 bits per heavy atom. The summed E-state index contributed by atoms with van der Waals surface area (Å²) in [6.45, 7) is 2.75. The molecule has 1 saturated heterocycles. The smallest absolute Gasteiger partial charge is 0.253 e. The molecule has 2 amide bonds. The van der Waals surface area contributed by atoms with E-state index in [0.717, 1.165) is 24.5 Å². The molecule has 1 fully saturated rings. The Labute approximate surface area is 146 Å². The van der Waals surface area contributed by atoms with Crippen molar-refractivity contribution >= 4 is 17.5 Å². The first-order chi connectivity index (χ1) is 12.1. The Hall–Kier alpha value is -3.02. The Kier molecular flexibility index (Phi) is 4.88. The monoisotopic (exact) mass is 339 g/mol. The molecule has 1 aliphatic rings. The molecule has 1 heterocycles. The van der Waals surface area contributed by atoms with Crippen molar-refractivity contribution in [1.82, 2.24) is 4.90 Å². The Balaban J connectivity index is 1.65. The zero-order chi connectivity index (χ0) is 17.8. The number of benzene rings is 2. The quantitative estimate of drug-likeness (QED) is 0.921. The summed E-state index contributed by atoms with van der Waals surface area (Å²) in [4.78, 5) is 27.8. The van der Waals surface area contributed by atoms with Crippen molar-refractivity contribution < 1.29 is 14.3 Å². The Morgan fingerprint density at radius 1 is 0.920 bits per heavy atom. The number of para-hydroxylation sites is 2. The summed E-state index contributed by atoms with van der Waals surface area (Å²) >= 11 is 0. The van der Waals surface area contributed by atoms with Gasteiger partial charge in [0.15, 0.2) is 0 Å². The van der Waals surface area contributed by atoms with Crippen molar-refractivity contribution in [1.29, 1.82) is 0 Å². The van der Waals surface area contributed by atoms with Crippen molar-refractivity contribution in [3.8, 4) is 5.75 Å². The van der Waals surface area contributed by atoms with Gasteiger partial charge in [-0.15, -0.1) is 0 Å². The van der Waals surface area contributed by atoms with E-state index in [4.69, 9.17) is 10.5 Å². The average Bonchev–Trinajstić information content (AvgIpc) is 2.67. The van der Waals surface area contributed by atoms with Gasteiger partial charge in [0.05, 0.1) is 12.8 Å². The third kappa shape index (κ3) is 3.57. The van der Waals surface area contributed by atoms with Crippen LogP contribution in [0.1, 0.15) is 20.7 Å². The highest BCUT2D eigenvalue weighted by Gasteiger charge is 2.23. The summed E-state index contributed by atoms with van der Waals surface area (Å²) in [6, 6.07) is 14.4. The molecule has 2 aromatic carbocycles. The van der Waals surface area contributed by atoms with Gasteiger partial charge >= 0.3 is 0 Å². The molecule has 0 radical (unpaired) electrons. The number of piperazine rings is 1. The van der Waals surface area contributed by atoms with Crippen LogP contribution in [0.5, 0.6) is 5.75 Å². The normalized spacial score (nSPS) is 14.3. The van der Waals surface area contributed by atoms with Gasteiger partial charge in [0.2, 0.25) is 5.91 Å². The lowest BCUT2D eigenvalue weighted by molar-refractivity contribution is 0.0746. The second-order valence-corrected chi connectivity index (χ2v) is 5.89. The van der Waals surface area contributed by atoms with Crippen molar-refractivity contribution in [3.63, 3.8) is 0 Å². The van der Waals surface area contributed by atoms with E-state index in [2.05, 4.69) is 4.90 Å². The molecule has 130 valence electrons. The number of nitrogens with two attached hydrogens (primary N) is 1. The number of hydrogen-bond acceptors (Lipinski definition) is 4. The minimum absolute atomic E-state index is 0.0318. The van der Waals surface area contributed by atoms with Gasteiger partial charge in [-0.1, -0.05) is 12.1 Å². The first-order valence-electron chi connectivity index (χ1n) is 8.17. The minimum atomic E-state index is -0.496. The highest BCUT2D eigenvalue weighted by Crippen LogP contribution is 2.28.